The van der Waals surface area contributed by atoms with Gasteiger partial charge in [-0.15, -0.1) is 0 Å². The van der Waals surface area contributed by atoms with Gasteiger partial charge < -0.3 is 10.6 Å². The minimum atomic E-state index is -0.574. The van der Waals surface area contributed by atoms with Gasteiger partial charge in [0.05, 0.1) is 22.1 Å². The van der Waals surface area contributed by atoms with Crippen LogP contribution in [0.3, 0.4) is 0 Å². The third-order valence-electron chi connectivity index (χ3n) is 4.93. The lowest BCUT2D eigenvalue weighted by atomic mass is 9.83. The molecule has 1 aliphatic rings. The highest BCUT2D eigenvalue weighted by Gasteiger charge is 2.37. The van der Waals surface area contributed by atoms with E-state index >= 15 is 0 Å². The van der Waals surface area contributed by atoms with Gasteiger partial charge in [0.25, 0.3) is 11.6 Å². The molecule has 27 heavy (non-hydrogen) atoms. The van der Waals surface area contributed by atoms with E-state index in [1.165, 1.54) is 18.5 Å². The van der Waals surface area contributed by atoms with Gasteiger partial charge in [-0.1, -0.05) is 26.7 Å². The first-order valence-corrected chi connectivity index (χ1v) is 8.80. The van der Waals surface area contributed by atoms with Crippen molar-refractivity contribution in [3.05, 3.63) is 57.9 Å². The molecule has 1 aromatic carbocycles. The molecule has 140 valence electrons. The molecule has 1 atom stereocenters. The van der Waals surface area contributed by atoms with Gasteiger partial charge in [-0.3, -0.25) is 24.7 Å². The molecule has 1 aliphatic heterocycles. The van der Waals surface area contributed by atoms with Crippen molar-refractivity contribution in [1.29, 1.82) is 0 Å². The summed E-state index contributed by atoms with van der Waals surface area (Å²) in [6, 6.07) is 6.04. The van der Waals surface area contributed by atoms with Gasteiger partial charge in [0.1, 0.15) is 5.69 Å². The molecule has 2 N–H and O–H groups in total. The van der Waals surface area contributed by atoms with Crippen molar-refractivity contribution in [2.24, 2.45) is 5.92 Å². The summed E-state index contributed by atoms with van der Waals surface area (Å²) in [5.74, 6) is -0.925. The molecule has 2 heterocycles. The predicted octanol–water partition coefficient (Wildman–Crippen LogP) is 3.71. The molecule has 0 saturated carbocycles. The number of fused-ring (bicyclic) bond motifs is 1. The Morgan fingerprint density at radius 2 is 2.11 bits per heavy atom. The van der Waals surface area contributed by atoms with E-state index in [-0.39, 0.29) is 34.7 Å². The second-order valence-electron chi connectivity index (χ2n) is 6.45. The number of benzene rings is 1. The van der Waals surface area contributed by atoms with Crippen molar-refractivity contribution >= 4 is 28.9 Å². The van der Waals surface area contributed by atoms with E-state index in [4.69, 9.17) is 0 Å². The van der Waals surface area contributed by atoms with Crippen LogP contribution in [0.4, 0.5) is 17.1 Å². The Kier molecular flexibility index (Phi) is 5.16. The first kappa shape index (κ1) is 18.5. The van der Waals surface area contributed by atoms with Crippen molar-refractivity contribution in [3.63, 3.8) is 0 Å². The smallest absolute Gasteiger partial charge is 0.294 e. The molecule has 2 amide bonds. The van der Waals surface area contributed by atoms with Gasteiger partial charge in [-0.25, -0.2) is 0 Å². The maximum atomic E-state index is 12.5. The van der Waals surface area contributed by atoms with E-state index in [0.717, 1.165) is 12.8 Å². The Hall–Kier alpha value is -3.29. The highest BCUT2D eigenvalue weighted by Crippen LogP contribution is 2.44. The Morgan fingerprint density at radius 3 is 2.70 bits per heavy atom. The Morgan fingerprint density at radius 1 is 1.37 bits per heavy atom. The van der Waals surface area contributed by atoms with E-state index in [9.17, 15) is 19.7 Å². The minimum Gasteiger partial charge on any atom is -0.325 e. The Bertz CT molecular complexity index is 894. The van der Waals surface area contributed by atoms with Crippen molar-refractivity contribution < 1.29 is 14.5 Å². The van der Waals surface area contributed by atoms with Crippen molar-refractivity contribution in [2.45, 2.75) is 32.6 Å². The minimum absolute atomic E-state index is 0.0695. The monoisotopic (exact) mass is 368 g/mol. The fraction of sp³-hybridized carbons (Fsp3) is 0.316. The van der Waals surface area contributed by atoms with E-state index in [1.807, 2.05) is 13.8 Å². The van der Waals surface area contributed by atoms with Crippen LogP contribution < -0.4 is 10.6 Å². The molecule has 0 saturated heterocycles. The standard InChI is InChI=1S/C19H20N4O4/c1-3-11(4-2)17-13-8-15(22-18(24)12-6-5-7-20-10-12)16(23(26)27)9-14(13)21-19(17)25/h5-11,17H,3-4H2,1-2H3,(H,21,25)(H,22,24). The number of pyridine rings is 1. The average molecular weight is 368 g/mol. The van der Waals surface area contributed by atoms with Gasteiger partial charge in [0, 0.05) is 18.5 Å². The first-order chi connectivity index (χ1) is 13.0. The zero-order valence-electron chi connectivity index (χ0n) is 15.1. The van der Waals surface area contributed by atoms with Gasteiger partial charge in [0.2, 0.25) is 5.91 Å². The second-order valence-corrected chi connectivity index (χ2v) is 6.45. The maximum absolute atomic E-state index is 12.5. The number of carbonyl (C=O) groups is 2. The van der Waals surface area contributed by atoms with E-state index in [0.29, 0.717) is 11.3 Å². The quantitative estimate of drug-likeness (QED) is 0.596. The van der Waals surface area contributed by atoms with Crippen LogP contribution in [0.15, 0.2) is 36.7 Å². The molecular formula is C19H20N4O4. The number of rotatable bonds is 6. The molecule has 1 unspecified atom stereocenters. The molecule has 8 heteroatoms. The topological polar surface area (TPSA) is 114 Å². The number of nitrogens with one attached hydrogen (secondary N) is 2. The third-order valence-corrected chi connectivity index (χ3v) is 4.93. The van der Waals surface area contributed by atoms with E-state index < -0.39 is 10.8 Å². The zero-order chi connectivity index (χ0) is 19.6. The summed E-state index contributed by atoms with van der Waals surface area (Å²) in [6.45, 7) is 4.02. The molecule has 8 nitrogen and oxygen atoms in total. The van der Waals surface area contributed by atoms with Crippen LogP contribution in [-0.2, 0) is 4.79 Å². The summed E-state index contributed by atoms with van der Waals surface area (Å²) in [4.78, 5) is 39.7. The van der Waals surface area contributed by atoms with Crippen LogP contribution in [0.5, 0.6) is 0 Å². The molecule has 0 spiro atoms. The molecule has 0 fully saturated rings. The summed E-state index contributed by atoms with van der Waals surface area (Å²) in [6.07, 6.45) is 4.53. The number of carbonyl (C=O) groups excluding carboxylic acids is 2. The van der Waals surface area contributed by atoms with Crippen LogP contribution >= 0.6 is 0 Å². The van der Waals surface area contributed by atoms with E-state index in [1.54, 1.807) is 18.2 Å². The van der Waals surface area contributed by atoms with Crippen LogP contribution in [0.2, 0.25) is 0 Å². The number of nitro benzene ring substituents is 1. The molecular weight excluding hydrogens is 348 g/mol. The molecule has 1 aromatic heterocycles. The lowest BCUT2D eigenvalue weighted by Crippen LogP contribution is -2.20. The van der Waals surface area contributed by atoms with Crippen LogP contribution in [-0.4, -0.2) is 21.7 Å². The lowest BCUT2D eigenvalue weighted by Gasteiger charge is -2.19. The molecule has 3 rings (SSSR count). The SMILES string of the molecule is CCC(CC)C1C(=O)Nc2cc([N+](=O)[O-])c(NC(=O)c3cccnc3)cc21. The normalized spacial score (nSPS) is 15.4. The number of amides is 2. The lowest BCUT2D eigenvalue weighted by molar-refractivity contribution is -0.383. The van der Waals surface area contributed by atoms with Crippen molar-refractivity contribution in [2.75, 3.05) is 10.6 Å². The fourth-order valence-electron chi connectivity index (χ4n) is 3.49. The second kappa shape index (κ2) is 7.53. The summed E-state index contributed by atoms with van der Waals surface area (Å²) in [7, 11) is 0. The largest absolute Gasteiger partial charge is 0.325 e. The van der Waals surface area contributed by atoms with Crippen LogP contribution in [0, 0.1) is 16.0 Å². The van der Waals surface area contributed by atoms with Crippen LogP contribution in [0.25, 0.3) is 0 Å². The number of hydrogen-bond donors (Lipinski definition) is 2. The number of aromatic nitrogens is 1. The first-order valence-electron chi connectivity index (χ1n) is 8.80. The van der Waals surface area contributed by atoms with Gasteiger partial charge >= 0.3 is 0 Å². The number of hydrogen-bond acceptors (Lipinski definition) is 5. The van der Waals surface area contributed by atoms with Gasteiger partial charge in [-0.05, 0) is 29.7 Å². The highest BCUT2D eigenvalue weighted by atomic mass is 16.6. The Labute approximate surface area is 156 Å². The number of nitro groups is 1. The van der Waals surface area contributed by atoms with Crippen molar-refractivity contribution in [3.8, 4) is 0 Å². The predicted molar refractivity (Wildman–Crippen MR) is 101 cm³/mol. The highest BCUT2D eigenvalue weighted by molar-refractivity contribution is 6.08. The molecule has 2 aromatic rings. The summed E-state index contributed by atoms with van der Waals surface area (Å²) < 4.78 is 0. The van der Waals surface area contributed by atoms with E-state index in [2.05, 4.69) is 15.6 Å². The zero-order valence-corrected chi connectivity index (χ0v) is 15.1. The van der Waals surface area contributed by atoms with Crippen molar-refractivity contribution in [1.82, 2.24) is 4.98 Å². The van der Waals surface area contributed by atoms with Gasteiger partial charge in [-0.2, -0.15) is 0 Å². The molecule has 0 aliphatic carbocycles. The van der Waals surface area contributed by atoms with Crippen LogP contribution in [0.1, 0.15) is 48.5 Å². The maximum Gasteiger partial charge on any atom is 0.294 e. The average Bonchev–Trinajstić information content (AvgIpc) is 2.98. The third kappa shape index (κ3) is 3.51. The Balaban J connectivity index is 2.03. The number of nitrogens with zero attached hydrogens (tertiary/aromatic N) is 2. The number of anilines is 2. The fourth-order valence-corrected chi connectivity index (χ4v) is 3.49. The summed E-state index contributed by atoms with van der Waals surface area (Å²) in [5, 5.41) is 16.8. The summed E-state index contributed by atoms with van der Waals surface area (Å²) in [5.41, 5.74) is 1.21. The van der Waals surface area contributed by atoms with Gasteiger partial charge in [0.15, 0.2) is 0 Å². The molecule has 0 radical (unpaired) electrons. The molecule has 0 bridgehead atoms. The summed E-state index contributed by atoms with van der Waals surface area (Å²) >= 11 is 0.